The van der Waals surface area contributed by atoms with E-state index in [1.807, 2.05) is 12.1 Å². The van der Waals surface area contributed by atoms with Gasteiger partial charge in [0.2, 0.25) is 0 Å². The fourth-order valence-corrected chi connectivity index (χ4v) is 3.80. The summed E-state index contributed by atoms with van der Waals surface area (Å²) in [6.07, 6.45) is 5.56. The van der Waals surface area contributed by atoms with Gasteiger partial charge in [-0.1, -0.05) is 31.5 Å². The van der Waals surface area contributed by atoms with Crippen LogP contribution in [0.4, 0.5) is 0 Å². The Labute approximate surface area is 127 Å². The van der Waals surface area contributed by atoms with Crippen molar-refractivity contribution in [1.29, 1.82) is 0 Å². The van der Waals surface area contributed by atoms with Gasteiger partial charge < -0.3 is 9.67 Å². The predicted molar refractivity (Wildman–Crippen MR) is 82.4 cm³/mol. The average Bonchev–Trinajstić information content (AvgIpc) is 3.02. The molecular weight excluding hydrogens is 286 g/mol. The van der Waals surface area contributed by atoms with Crippen LogP contribution < -0.4 is 0 Å². The molecule has 2 atom stereocenters. The van der Waals surface area contributed by atoms with Crippen molar-refractivity contribution in [2.75, 3.05) is 5.75 Å². The normalized spacial score (nSPS) is 22.0. The van der Waals surface area contributed by atoms with E-state index < -0.39 is 5.97 Å². The molecule has 2 unspecified atom stereocenters. The molecular formula is C15H19N3O2S. The maximum absolute atomic E-state index is 10.8. The lowest BCUT2D eigenvalue weighted by Crippen LogP contribution is -2.14. The van der Waals surface area contributed by atoms with Gasteiger partial charge in [-0.05, 0) is 30.4 Å². The predicted octanol–water partition coefficient (Wildman–Crippen LogP) is 3.04. The first-order valence-electron chi connectivity index (χ1n) is 7.31. The lowest BCUT2D eigenvalue weighted by atomic mass is 9.98. The van der Waals surface area contributed by atoms with Crippen LogP contribution in [0.15, 0.2) is 23.5 Å². The van der Waals surface area contributed by atoms with Crippen LogP contribution in [0.25, 0.3) is 11.2 Å². The van der Waals surface area contributed by atoms with Crippen molar-refractivity contribution >= 4 is 28.9 Å². The minimum atomic E-state index is -0.819. The van der Waals surface area contributed by atoms with Crippen LogP contribution >= 0.6 is 11.8 Å². The number of aliphatic carboxylic acids is 1. The van der Waals surface area contributed by atoms with Gasteiger partial charge in [0, 0.05) is 12.7 Å². The number of pyridine rings is 1. The van der Waals surface area contributed by atoms with Gasteiger partial charge in [0.15, 0.2) is 10.8 Å². The Kier molecular flexibility index (Phi) is 4.14. The molecule has 6 heteroatoms. The number of imidazole rings is 1. The molecule has 1 aliphatic rings. The molecule has 0 bridgehead atoms. The van der Waals surface area contributed by atoms with E-state index in [4.69, 9.17) is 5.11 Å². The zero-order chi connectivity index (χ0) is 14.8. The number of carboxylic acids is 1. The molecule has 0 aromatic carbocycles. The van der Waals surface area contributed by atoms with E-state index in [9.17, 15) is 4.79 Å². The first-order chi connectivity index (χ1) is 10.1. The highest BCUT2D eigenvalue weighted by atomic mass is 32.2. The first kappa shape index (κ1) is 14.4. The standard InChI is InChI=1S/C15H19N3O2S/c1-10-4-2-5-11(10)8-18-14-12(6-3-7-16-14)17-15(18)21-9-13(19)20/h3,6-7,10-11H,2,4-5,8-9H2,1H3,(H,19,20). The molecule has 1 saturated carbocycles. The average molecular weight is 305 g/mol. The Morgan fingerprint density at radius 1 is 1.52 bits per heavy atom. The van der Waals surface area contributed by atoms with Gasteiger partial charge in [-0.2, -0.15) is 0 Å². The number of aromatic nitrogens is 3. The van der Waals surface area contributed by atoms with E-state index in [-0.39, 0.29) is 5.75 Å². The van der Waals surface area contributed by atoms with Crippen LogP contribution in [0.2, 0.25) is 0 Å². The van der Waals surface area contributed by atoms with Gasteiger partial charge in [0.05, 0.1) is 5.75 Å². The smallest absolute Gasteiger partial charge is 0.313 e. The molecule has 0 saturated heterocycles. The SMILES string of the molecule is CC1CCCC1Cn1c(SCC(=O)O)nc2cccnc21. The van der Waals surface area contributed by atoms with Gasteiger partial charge >= 0.3 is 5.97 Å². The maximum atomic E-state index is 10.8. The maximum Gasteiger partial charge on any atom is 0.313 e. The molecule has 0 aliphatic heterocycles. The molecule has 5 nitrogen and oxygen atoms in total. The second-order valence-electron chi connectivity index (χ2n) is 5.70. The zero-order valence-electron chi connectivity index (χ0n) is 12.0. The number of carboxylic acid groups (broad SMARTS) is 1. The Hall–Kier alpha value is -1.56. The van der Waals surface area contributed by atoms with Crippen molar-refractivity contribution in [2.45, 2.75) is 37.9 Å². The topological polar surface area (TPSA) is 68.0 Å². The van der Waals surface area contributed by atoms with Crippen LogP contribution in [0, 0.1) is 11.8 Å². The van der Waals surface area contributed by atoms with Gasteiger partial charge in [0.25, 0.3) is 0 Å². The molecule has 1 aliphatic carbocycles. The molecule has 1 fully saturated rings. The van der Waals surface area contributed by atoms with E-state index in [1.54, 1.807) is 6.20 Å². The second kappa shape index (κ2) is 6.05. The van der Waals surface area contributed by atoms with Crippen molar-refractivity contribution in [2.24, 2.45) is 11.8 Å². The number of nitrogens with zero attached hydrogens (tertiary/aromatic N) is 3. The molecule has 1 N–H and O–H groups in total. The van der Waals surface area contributed by atoms with E-state index in [2.05, 4.69) is 21.5 Å². The van der Waals surface area contributed by atoms with Crippen molar-refractivity contribution in [1.82, 2.24) is 14.5 Å². The number of fused-ring (bicyclic) bond motifs is 1. The highest BCUT2D eigenvalue weighted by molar-refractivity contribution is 7.99. The summed E-state index contributed by atoms with van der Waals surface area (Å²) in [5.41, 5.74) is 1.71. The summed E-state index contributed by atoms with van der Waals surface area (Å²) in [5, 5.41) is 9.66. The molecule has 21 heavy (non-hydrogen) atoms. The summed E-state index contributed by atoms with van der Waals surface area (Å²) < 4.78 is 2.11. The minimum Gasteiger partial charge on any atom is -0.481 e. The van der Waals surface area contributed by atoms with Crippen LogP contribution in [0.3, 0.4) is 0 Å². The molecule has 3 rings (SSSR count). The number of hydrogen-bond donors (Lipinski definition) is 1. The number of carbonyl (C=O) groups is 1. The van der Waals surface area contributed by atoms with Gasteiger partial charge in [-0.3, -0.25) is 4.79 Å². The van der Waals surface area contributed by atoms with E-state index in [0.717, 1.165) is 22.9 Å². The summed E-state index contributed by atoms with van der Waals surface area (Å²) in [5.74, 6) is 0.557. The van der Waals surface area contributed by atoms with Crippen molar-refractivity contribution in [3.63, 3.8) is 0 Å². The largest absolute Gasteiger partial charge is 0.481 e. The zero-order valence-corrected chi connectivity index (χ0v) is 12.8. The number of hydrogen-bond acceptors (Lipinski definition) is 4. The van der Waals surface area contributed by atoms with Crippen molar-refractivity contribution in [3.05, 3.63) is 18.3 Å². The fraction of sp³-hybridized carbons (Fsp3) is 0.533. The Balaban J connectivity index is 1.92. The highest BCUT2D eigenvalue weighted by Crippen LogP contribution is 2.34. The highest BCUT2D eigenvalue weighted by Gasteiger charge is 2.25. The monoisotopic (exact) mass is 305 g/mol. The van der Waals surface area contributed by atoms with Crippen LogP contribution in [-0.4, -0.2) is 31.4 Å². The fourth-order valence-electron chi connectivity index (χ4n) is 3.07. The van der Waals surface area contributed by atoms with Crippen LogP contribution in [0.5, 0.6) is 0 Å². The Morgan fingerprint density at radius 3 is 3.10 bits per heavy atom. The summed E-state index contributed by atoms with van der Waals surface area (Å²) in [6.45, 7) is 3.19. The Morgan fingerprint density at radius 2 is 2.38 bits per heavy atom. The molecule has 2 heterocycles. The third-order valence-corrected chi connectivity index (χ3v) is 5.21. The van der Waals surface area contributed by atoms with Crippen molar-refractivity contribution in [3.8, 4) is 0 Å². The summed E-state index contributed by atoms with van der Waals surface area (Å²) >= 11 is 1.28. The molecule has 112 valence electrons. The first-order valence-corrected chi connectivity index (χ1v) is 8.29. The lowest BCUT2D eigenvalue weighted by molar-refractivity contribution is -0.133. The van der Waals surface area contributed by atoms with Gasteiger partial charge in [-0.15, -0.1) is 0 Å². The second-order valence-corrected chi connectivity index (χ2v) is 6.64. The third-order valence-electron chi connectivity index (χ3n) is 4.25. The van der Waals surface area contributed by atoms with Crippen LogP contribution in [0.1, 0.15) is 26.2 Å². The molecule has 2 aromatic rings. The molecule has 0 radical (unpaired) electrons. The Bertz CT molecular complexity index is 655. The van der Waals surface area contributed by atoms with Crippen LogP contribution in [-0.2, 0) is 11.3 Å². The lowest BCUT2D eigenvalue weighted by Gasteiger charge is -2.17. The van der Waals surface area contributed by atoms with Gasteiger partial charge in [0.1, 0.15) is 5.52 Å². The molecule has 0 spiro atoms. The molecule has 0 amide bonds. The number of thioether (sulfide) groups is 1. The van der Waals surface area contributed by atoms with Crippen molar-refractivity contribution < 1.29 is 9.90 Å². The summed E-state index contributed by atoms with van der Waals surface area (Å²) in [6, 6.07) is 3.80. The minimum absolute atomic E-state index is 0.0313. The molecule has 2 aromatic heterocycles. The van der Waals surface area contributed by atoms with E-state index in [0.29, 0.717) is 11.8 Å². The van der Waals surface area contributed by atoms with E-state index in [1.165, 1.54) is 31.0 Å². The van der Waals surface area contributed by atoms with Gasteiger partial charge in [-0.25, -0.2) is 9.97 Å². The van der Waals surface area contributed by atoms with E-state index >= 15 is 0 Å². The summed E-state index contributed by atoms with van der Waals surface area (Å²) in [4.78, 5) is 19.8. The quantitative estimate of drug-likeness (QED) is 0.860. The summed E-state index contributed by atoms with van der Waals surface area (Å²) in [7, 11) is 0. The third kappa shape index (κ3) is 3.05. The number of rotatable bonds is 5.